The number of benzene rings is 1. The van der Waals surface area contributed by atoms with Crippen LogP contribution in [0.3, 0.4) is 0 Å². The summed E-state index contributed by atoms with van der Waals surface area (Å²) in [5.41, 5.74) is 0.923. The zero-order valence-electron chi connectivity index (χ0n) is 18.1. The minimum Gasteiger partial charge on any atom is -0.493 e. The maximum absolute atomic E-state index is 12.4. The number of methoxy groups -OCH3 is 1. The molecule has 164 valence electrons. The number of carbonyl (C=O) groups excluding carboxylic acids is 2. The lowest BCUT2D eigenvalue weighted by atomic mass is 10.2. The summed E-state index contributed by atoms with van der Waals surface area (Å²) in [6.07, 6.45) is 0. The minimum atomic E-state index is -0.146. The lowest BCUT2D eigenvalue weighted by molar-refractivity contribution is -0.119. The number of likely N-dealkylation sites (N-methyl/N-ethyl adjacent to an activating group) is 1. The van der Waals surface area contributed by atoms with Gasteiger partial charge in [0.15, 0.2) is 11.5 Å². The molecule has 0 unspecified atom stereocenters. The van der Waals surface area contributed by atoms with Gasteiger partial charge in [0, 0.05) is 24.9 Å². The highest BCUT2D eigenvalue weighted by Crippen LogP contribution is 2.28. The molecule has 2 aromatic rings. The third kappa shape index (κ3) is 7.35. The van der Waals surface area contributed by atoms with Gasteiger partial charge < -0.3 is 25.0 Å². The molecule has 0 saturated heterocycles. The van der Waals surface area contributed by atoms with E-state index in [-0.39, 0.29) is 11.8 Å². The van der Waals surface area contributed by atoms with Crippen LogP contribution in [0.5, 0.6) is 11.5 Å². The Balaban J connectivity index is 1.89. The quantitative estimate of drug-likeness (QED) is 0.538. The first-order valence-corrected chi connectivity index (χ1v) is 10.9. The fraction of sp³-hybridized carbons (Fsp3) is 0.455. The van der Waals surface area contributed by atoms with Gasteiger partial charge in [-0.3, -0.25) is 9.59 Å². The molecule has 7 nitrogen and oxygen atoms in total. The van der Waals surface area contributed by atoms with Crippen LogP contribution in [0.1, 0.15) is 40.9 Å². The van der Waals surface area contributed by atoms with Crippen molar-refractivity contribution in [1.29, 1.82) is 0 Å². The zero-order valence-corrected chi connectivity index (χ0v) is 18.9. The van der Waals surface area contributed by atoms with Crippen LogP contribution in [-0.2, 0) is 17.9 Å². The molecule has 0 aliphatic rings. The number of hydrogen-bond acceptors (Lipinski definition) is 6. The van der Waals surface area contributed by atoms with Gasteiger partial charge in [-0.15, -0.1) is 11.3 Å². The number of carbonyl (C=O) groups is 2. The number of ether oxygens (including phenoxy) is 2. The third-order valence-electron chi connectivity index (χ3n) is 4.64. The van der Waals surface area contributed by atoms with Crippen molar-refractivity contribution >= 4 is 23.2 Å². The first-order valence-electron chi connectivity index (χ1n) is 10.1. The minimum absolute atomic E-state index is 0.0937. The Bertz CT molecular complexity index is 834. The predicted octanol–water partition coefficient (Wildman–Crippen LogP) is 3.04. The van der Waals surface area contributed by atoms with E-state index >= 15 is 0 Å². The molecule has 8 heteroatoms. The van der Waals surface area contributed by atoms with Gasteiger partial charge in [0.05, 0.1) is 18.5 Å². The second-order valence-corrected chi connectivity index (χ2v) is 7.89. The molecule has 0 atom stereocenters. The van der Waals surface area contributed by atoms with Gasteiger partial charge in [0.2, 0.25) is 5.91 Å². The lowest BCUT2D eigenvalue weighted by Crippen LogP contribution is -2.28. The van der Waals surface area contributed by atoms with Crippen LogP contribution < -0.4 is 20.1 Å². The lowest BCUT2D eigenvalue weighted by Gasteiger charge is -2.19. The van der Waals surface area contributed by atoms with E-state index in [4.69, 9.17) is 9.47 Å². The fourth-order valence-electron chi connectivity index (χ4n) is 2.84. The Labute approximate surface area is 182 Å². The normalized spacial score (nSPS) is 10.7. The topological polar surface area (TPSA) is 79.9 Å². The van der Waals surface area contributed by atoms with E-state index in [1.165, 1.54) is 18.3 Å². The molecule has 2 amide bonds. The Hall–Kier alpha value is -2.58. The molecule has 0 bridgehead atoms. The molecule has 1 aromatic carbocycles. The highest BCUT2D eigenvalue weighted by Gasteiger charge is 2.11. The Morgan fingerprint density at radius 3 is 2.47 bits per heavy atom. The van der Waals surface area contributed by atoms with E-state index in [1.54, 1.807) is 13.2 Å². The van der Waals surface area contributed by atoms with Gasteiger partial charge in [-0.1, -0.05) is 19.9 Å². The molecule has 0 aliphatic heterocycles. The van der Waals surface area contributed by atoms with E-state index < -0.39 is 0 Å². The van der Waals surface area contributed by atoms with Crippen molar-refractivity contribution in [3.63, 3.8) is 0 Å². The van der Waals surface area contributed by atoms with Crippen LogP contribution in [0.4, 0.5) is 0 Å². The van der Waals surface area contributed by atoms with Crippen LogP contribution in [0.15, 0.2) is 30.3 Å². The van der Waals surface area contributed by atoms with Gasteiger partial charge in [0.1, 0.15) is 6.61 Å². The zero-order chi connectivity index (χ0) is 21.9. The van der Waals surface area contributed by atoms with Gasteiger partial charge in [-0.25, -0.2) is 0 Å². The summed E-state index contributed by atoms with van der Waals surface area (Å²) < 4.78 is 11.3. The standard InChI is InChI=1S/C22H31N3O4S/c1-5-25(6-2)11-12-29-19-9-7-17(13-20(19)28-4)14-24-22(27)21-10-8-18(30-21)15-23-16(3)26/h7-10,13H,5-6,11-12,14-15H2,1-4H3,(H,23,26)(H,24,27). The van der Waals surface area contributed by atoms with Crippen molar-refractivity contribution in [3.05, 3.63) is 45.6 Å². The molecule has 0 spiro atoms. The Kier molecular flexibility index (Phi) is 9.63. The highest BCUT2D eigenvalue weighted by molar-refractivity contribution is 7.14. The third-order valence-corrected chi connectivity index (χ3v) is 5.72. The van der Waals surface area contributed by atoms with E-state index in [9.17, 15) is 9.59 Å². The molecule has 30 heavy (non-hydrogen) atoms. The van der Waals surface area contributed by atoms with Crippen molar-refractivity contribution in [3.8, 4) is 11.5 Å². The van der Waals surface area contributed by atoms with Crippen LogP contribution >= 0.6 is 11.3 Å². The SMILES string of the molecule is CCN(CC)CCOc1ccc(CNC(=O)c2ccc(CNC(C)=O)s2)cc1OC. The van der Waals surface area contributed by atoms with Crippen molar-refractivity contribution in [2.45, 2.75) is 33.9 Å². The summed E-state index contributed by atoms with van der Waals surface area (Å²) in [6, 6.07) is 9.29. The molecule has 0 fully saturated rings. The summed E-state index contributed by atoms with van der Waals surface area (Å²) in [5.74, 6) is 1.10. The van der Waals surface area contributed by atoms with E-state index in [1.807, 2.05) is 24.3 Å². The van der Waals surface area contributed by atoms with Gasteiger partial charge in [-0.05, 0) is 42.9 Å². The second kappa shape index (κ2) is 12.2. The highest BCUT2D eigenvalue weighted by atomic mass is 32.1. The molecular formula is C22H31N3O4S. The molecule has 0 radical (unpaired) electrons. The van der Waals surface area contributed by atoms with Gasteiger partial charge >= 0.3 is 0 Å². The maximum Gasteiger partial charge on any atom is 0.261 e. The first-order chi connectivity index (χ1) is 14.5. The van der Waals surface area contributed by atoms with Crippen LogP contribution in [0, 0.1) is 0 Å². The summed E-state index contributed by atoms with van der Waals surface area (Å²) in [5, 5.41) is 5.65. The molecule has 0 aliphatic carbocycles. The number of nitrogens with one attached hydrogen (secondary N) is 2. The van der Waals surface area contributed by atoms with Crippen LogP contribution in [0.2, 0.25) is 0 Å². The molecule has 1 aromatic heterocycles. The second-order valence-electron chi connectivity index (χ2n) is 6.72. The summed E-state index contributed by atoms with van der Waals surface area (Å²) in [4.78, 5) is 27.2. The van der Waals surface area contributed by atoms with Crippen molar-refractivity contribution in [2.24, 2.45) is 0 Å². The van der Waals surface area contributed by atoms with E-state index in [2.05, 4.69) is 29.4 Å². The van der Waals surface area contributed by atoms with E-state index in [0.717, 1.165) is 30.1 Å². The largest absolute Gasteiger partial charge is 0.493 e. The Morgan fingerprint density at radius 2 is 1.80 bits per heavy atom. The number of nitrogens with zero attached hydrogens (tertiary/aromatic N) is 1. The first kappa shape index (κ1) is 23.7. The smallest absolute Gasteiger partial charge is 0.261 e. The van der Waals surface area contributed by atoms with Crippen LogP contribution in [0.25, 0.3) is 0 Å². The fourth-order valence-corrected chi connectivity index (χ4v) is 3.71. The number of thiophene rings is 1. The number of rotatable bonds is 12. The van der Waals surface area contributed by atoms with E-state index in [0.29, 0.717) is 36.1 Å². The van der Waals surface area contributed by atoms with Crippen LogP contribution in [-0.4, -0.2) is 50.1 Å². The number of amides is 2. The van der Waals surface area contributed by atoms with Crippen molar-refractivity contribution < 1.29 is 19.1 Å². The van der Waals surface area contributed by atoms with Gasteiger partial charge in [0.25, 0.3) is 5.91 Å². The van der Waals surface area contributed by atoms with Crippen molar-refractivity contribution in [1.82, 2.24) is 15.5 Å². The molecule has 2 rings (SSSR count). The molecular weight excluding hydrogens is 402 g/mol. The summed E-state index contributed by atoms with van der Waals surface area (Å²) in [7, 11) is 1.61. The molecule has 0 saturated carbocycles. The predicted molar refractivity (Wildman–Crippen MR) is 119 cm³/mol. The summed E-state index contributed by atoms with van der Waals surface area (Å²) >= 11 is 1.37. The monoisotopic (exact) mass is 433 g/mol. The number of hydrogen-bond donors (Lipinski definition) is 2. The van der Waals surface area contributed by atoms with Gasteiger partial charge in [-0.2, -0.15) is 0 Å². The van der Waals surface area contributed by atoms with Crippen molar-refractivity contribution in [2.75, 3.05) is 33.4 Å². The Morgan fingerprint density at radius 1 is 1.03 bits per heavy atom. The maximum atomic E-state index is 12.4. The summed E-state index contributed by atoms with van der Waals surface area (Å²) in [6.45, 7) is 9.99. The average molecular weight is 434 g/mol. The average Bonchev–Trinajstić information content (AvgIpc) is 3.23. The molecule has 2 N–H and O–H groups in total. The molecule has 1 heterocycles.